The van der Waals surface area contributed by atoms with E-state index in [-0.39, 0.29) is 30.5 Å². The van der Waals surface area contributed by atoms with E-state index in [1.54, 1.807) is 19.1 Å². The maximum absolute atomic E-state index is 12.3. The number of halogens is 1. The largest absolute Gasteiger partial charge is 0.496 e. The van der Waals surface area contributed by atoms with Gasteiger partial charge in [0.1, 0.15) is 11.9 Å². The summed E-state index contributed by atoms with van der Waals surface area (Å²) in [6.45, 7) is 0.982. The summed E-state index contributed by atoms with van der Waals surface area (Å²) in [6, 6.07) is 7.70. The molecule has 1 fully saturated rings. The topological polar surface area (TPSA) is 64.8 Å². The first-order chi connectivity index (χ1) is 9.65. The fraction of sp³-hybridized carbons (Fsp3) is 0.533. The number of likely N-dealkylation sites (N-methyl/N-ethyl adjacent to an activating group) is 1. The molecule has 1 amide bonds. The molecular weight excluding hydrogens is 292 g/mol. The van der Waals surface area contributed by atoms with Gasteiger partial charge in [0, 0.05) is 25.7 Å². The van der Waals surface area contributed by atoms with Gasteiger partial charge in [-0.2, -0.15) is 0 Å². The Kier molecular flexibility index (Phi) is 6.95. The van der Waals surface area contributed by atoms with Gasteiger partial charge in [-0.25, -0.2) is 0 Å². The van der Waals surface area contributed by atoms with Crippen LogP contribution in [0, 0.1) is 0 Å². The molecule has 5 nitrogen and oxygen atoms in total. The standard InChI is InChI=1S/C15H22N2O3.ClH/c1-17(10-11-5-3-4-6-13(11)19-2)15(18)14-8-7-12(9-16)20-14;/h3-6,12,14H,7-10,16H2,1-2H3;1H/t12-,14+;/m1./s1. The molecule has 1 aromatic rings. The predicted octanol–water partition coefficient (Wildman–Crippen LogP) is 1.58. The molecule has 2 N–H and O–H groups in total. The summed E-state index contributed by atoms with van der Waals surface area (Å²) in [5.74, 6) is 0.797. The van der Waals surface area contributed by atoms with Crippen LogP contribution in [0.2, 0.25) is 0 Å². The zero-order valence-corrected chi connectivity index (χ0v) is 13.3. The summed E-state index contributed by atoms with van der Waals surface area (Å²) in [7, 11) is 3.42. The zero-order chi connectivity index (χ0) is 14.5. The molecule has 1 heterocycles. The average Bonchev–Trinajstić information content (AvgIpc) is 2.95. The minimum absolute atomic E-state index is 0. The van der Waals surface area contributed by atoms with Crippen LogP contribution in [0.15, 0.2) is 24.3 Å². The number of rotatable bonds is 5. The van der Waals surface area contributed by atoms with Crippen LogP contribution in [0.5, 0.6) is 5.75 Å². The van der Waals surface area contributed by atoms with Gasteiger partial charge in [0.05, 0.1) is 13.2 Å². The van der Waals surface area contributed by atoms with E-state index in [4.69, 9.17) is 15.2 Å². The summed E-state index contributed by atoms with van der Waals surface area (Å²) in [5, 5.41) is 0. The SMILES string of the molecule is COc1ccccc1CN(C)C(=O)[C@@H]1CC[C@H](CN)O1.Cl. The number of nitrogens with two attached hydrogens (primary N) is 1. The second kappa shape index (κ2) is 8.22. The second-order valence-corrected chi connectivity index (χ2v) is 5.07. The molecule has 1 aromatic carbocycles. The number of ether oxygens (including phenoxy) is 2. The Balaban J connectivity index is 0.00000220. The summed E-state index contributed by atoms with van der Waals surface area (Å²) in [4.78, 5) is 14.0. The van der Waals surface area contributed by atoms with Gasteiger partial charge < -0.3 is 20.1 Å². The van der Waals surface area contributed by atoms with E-state index < -0.39 is 0 Å². The third kappa shape index (κ3) is 4.33. The molecule has 21 heavy (non-hydrogen) atoms. The number of benzene rings is 1. The van der Waals surface area contributed by atoms with E-state index in [0.29, 0.717) is 13.1 Å². The molecule has 118 valence electrons. The predicted molar refractivity (Wildman–Crippen MR) is 83.7 cm³/mol. The Morgan fingerprint density at radius 3 is 2.76 bits per heavy atom. The van der Waals surface area contributed by atoms with Crippen LogP contribution < -0.4 is 10.5 Å². The number of carbonyl (C=O) groups excluding carboxylic acids is 1. The van der Waals surface area contributed by atoms with Crippen molar-refractivity contribution in [1.82, 2.24) is 4.90 Å². The summed E-state index contributed by atoms with van der Waals surface area (Å²) >= 11 is 0. The molecule has 0 radical (unpaired) electrons. The number of methoxy groups -OCH3 is 1. The van der Waals surface area contributed by atoms with Gasteiger partial charge in [-0.05, 0) is 18.9 Å². The fourth-order valence-corrected chi connectivity index (χ4v) is 2.47. The van der Waals surface area contributed by atoms with Gasteiger partial charge in [0.2, 0.25) is 0 Å². The van der Waals surface area contributed by atoms with Crippen LogP contribution in [0.4, 0.5) is 0 Å². The first-order valence-electron chi connectivity index (χ1n) is 6.88. The Bertz CT molecular complexity index is 470. The lowest BCUT2D eigenvalue weighted by Gasteiger charge is -2.22. The fourth-order valence-electron chi connectivity index (χ4n) is 2.47. The molecule has 0 saturated carbocycles. The van der Waals surface area contributed by atoms with Crippen molar-refractivity contribution >= 4 is 18.3 Å². The highest BCUT2D eigenvalue weighted by Crippen LogP contribution is 2.23. The maximum atomic E-state index is 12.3. The van der Waals surface area contributed by atoms with Crippen molar-refractivity contribution in [2.45, 2.75) is 31.6 Å². The van der Waals surface area contributed by atoms with Crippen LogP contribution in [0.1, 0.15) is 18.4 Å². The van der Waals surface area contributed by atoms with Crippen LogP contribution >= 0.6 is 12.4 Å². The van der Waals surface area contributed by atoms with Gasteiger partial charge in [0.15, 0.2) is 0 Å². The van der Waals surface area contributed by atoms with Gasteiger partial charge in [-0.1, -0.05) is 18.2 Å². The summed E-state index contributed by atoms with van der Waals surface area (Å²) in [6.07, 6.45) is 1.26. The zero-order valence-electron chi connectivity index (χ0n) is 12.5. The van der Waals surface area contributed by atoms with E-state index >= 15 is 0 Å². The van der Waals surface area contributed by atoms with E-state index in [9.17, 15) is 4.79 Å². The highest BCUT2D eigenvalue weighted by Gasteiger charge is 2.31. The van der Waals surface area contributed by atoms with Crippen LogP contribution in [0.3, 0.4) is 0 Å². The number of nitrogens with zero attached hydrogens (tertiary/aromatic N) is 1. The van der Waals surface area contributed by atoms with E-state index in [0.717, 1.165) is 24.2 Å². The molecule has 1 saturated heterocycles. The van der Waals surface area contributed by atoms with Crippen LogP contribution in [0.25, 0.3) is 0 Å². The molecule has 6 heteroatoms. The molecule has 1 aliphatic heterocycles. The molecule has 2 atom stereocenters. The minimum Gasteiger partial charge on any atom is -0.496 e. The molecule has 1 aliphatic rings. The lowest BCUT2D eigenvalue weighted by atomic mass is 10.1. The third-order valence-corrected chi connectivity index (χ3v) is 3.62. The Morgan fingerprint density at radius 2 is 2.14 bits per heavy atom. The Morgan fingerprint density at radius 1 is 1.43 bits per heavy atom. The van der Waals surface area contributed by atoms with Gasteiger partial charge in [-0.3, -0.25) is 4.79 Å². The van der Waals surface area contributed by atoms with Crippen molar-refractivity contribution in [1.29, 1.82) is 0 Å². The molecular formula is C15H23ClN2O3. The van der Waals surface area contributed by atoms with Crippen molar-refractivity contribution < 1.29 is 14.3 Å². The molecule has 0 bridgehead atoms. The van der Waals surface area contributed by atoms with E-state index in [1.165, 1.54) is 0 Å². The van der Waals surface area contributed by atoms with Crippen LogP contribution in [-0.2, 0) is 16.1 Å². The second-order valence-electron chi connectivity index (χ2n) is 5.07. The molecule has 2 rings (SSSR count). The van der Waals surface area contributed by atoms with Gasteiger partial charge >= 0.3 is 0 Å². The van der Waals surface area contributed by atoms with E-state index in [2.05, 4.69) is 0 Å². The number of amides is 1. The van der Waals surface area contributed by atoms with Crippen LogP contribution in [-0.4, -0.2) is 43.7 Å². The van der Waals surface area contributed by atoms with Crippen molar-refractivity contribution in [2.24, 2.45) is 5.73 Å². The number of para-hydroxylation sites is 1. The normalized spacial score (nSPS) is 20.7. The quantitative estimate of drug-likeness (QED) is 0.896. The minimum atomic E-state index is -0.358. The first-order valence-corrected chi connectivity index (χ1v) is 6.88. The van der Waals surface area contributed by atoms with E-state index in [1.807, 2.05) is 24.3 Å². The molecule has 0 unspecified atom stereocenters. The highest BCUT2D eigenvalue weighted by molar-refractivity contribution is 5.85. The molecule has 0 spiro atoms. The molecule has 0 aliphatic carbocycles. The van der Waals surface area contributed by atoms with Gasteiger partial charge in [0.25, 0.3) is 5.91 Å². The van der Waals surface area contributed by atoms with Crippen molar-refractivity contribution in [2.75, 3.05) is 20.7 Å². The lowest BCUT2D eigenvalue weighted by molar-refractivity contribution is -0.141. The lowest BCUT2D eigenvalue weighted by Crippen LogP contribution is -2.36. The number of hydrogen-bond acceptors (Lipinski definition) is 4. The first kappa shape index (κ1) is 17.8. The highest BCUT2D eigenvalue weighted by atomic mass is 35.5. The smallest absolute Gasteiger partial charge is 0.251 e. The summed E-state index contributed by atoms with van der Waals surface area (Å²) in [5.41, 5.74) is 6.55. The van der Waals surface area contributed by atoms with Crippen molar-refractivity contribution in [3.63, 3.8) is 0 Å². The molecule has 0 aromatic heterocycles. The third-order valence-electron chi connectivity index (χ3n) is 3.62. The Hall–Kier alpha value is -1.30. The summed E-state index contributed by atoms with van der Waals surface area (Å²) < 4.78 is 10.9. The van der Waals surface area contributed by atoms with Crippen molar-refractivity contribution in [3.8, 4) is 5.75 Å². The maximum Gasteiger partial charge on any atom is 0.251 e. The number of hydrogen-bond donors (Lipinski definition) is 1. The van der Waals surface area contributed by atoms with Gasteiger partial charge in [-0.15, -0.1) is 12.4 Å². The van der Waals surface area contributed by atoms with Crippen molar-refractivity contribution in [3.05, 3.63) is 29.8 Å². The Labute approximate surface area is 131 Å². The number of carbonyl (C=O) groups is 1. The average molecular weight is 315 g/mol. The monoisotopic (exact) mass is 314 g/mol.